The average Bonchev–Trinajstić information content (AvgIpc) is 3.23. The number of aliphatic hydroxyl groups excluding tert-OH is 2. The van der Waals surface area contributed by atoms with Crippen LogP contribution in [0.3, 0.4) is 0 Å². The molecule has 2 unspecified atom stereocenters. The summed E-state index contributed by atoms with van der Waals surface area (Å²) >= 11 is 0. The molecule has 0 saturated carbocycles. The van der Waals surface area contributed by atoms with Crippen molar-refractivity contribution in [2.45, 2.75) is 76.0 Å². The molecule has 2 heterocycles. The molecular formula is C41H48N6O13. The first-order valence-electron chi connectivity index (χ1n) is 19.1. The van der Waals surface area contributed by atoms with Crippen molar-refractivity contribution in [1.82, 2.24) is 26.3 Å². The zero-order valence-electron chi connectivity index (χ0n) is 32.9. The topological polar surface area (TPSA) is 287 Å². The molecule has 60 heavy (non-hydrogen) atoms. The summed E-state index contributed by atoms with van der Waals surface area (Å²) in [6, 6.07) is 17.1. The lowest BCUT2D eigenvalue weighted by molar-refractivity contribution is -0.279. The Morgan fingerprint density at radius 3 is 2.37 bits per heavy atom. The average molecular weight is 833 g/mol. The number of carbonyl (C=O) groups is 6. The number of esters is 1. The number of aromatic nitrogens is 1. The number of fused-ring (bicyclic) bond motifs is 2. The van der Waals surface area contributed by atoms with Crippen molar-refractivity contribution in [2.75, 3.05) is 26.4 Å². The largest absolute Gasteiger partial charge is 0.464 e. The molecule has 0 radical (unpaired) electrons. The molecule has 320 valence electrons. The number of hydrogen-bond acceptors (Lipinski definition) is 13. The van der Waals surface area contributed by atoms with Crippen molar-refractivity contribution in [3.05, 3.63) is 94.1 Å². The number of ether oxygens (including phenoxy) is 4. The van der Waals surface area contributed by atoms with Crippen molar-refractivity contribution < 1.29 is 57.9 Å². The van der Waals surface area contributed by atoms with Gasteiger partial charge in [0.15, 0.2) is 11.7 Å². The van der Waals surface area contributed by atoms with Gasteiger partial charge in [0.2, 0.25) is 23.6 Å². The molecule has 0 bridgehead atoms. The van der Waals surface area contributed by atoms with Gasteiger partial charge in [-0.2, -0.15) is 0 Å². The maximum atomic E-state index is 13.0. The van der Waals surface area contributed by atoms with E-state index in [1.807, 2.05) is 6.07 Å². The Labute approximate surface area is 343 Å². The highest BCUT2D eigenvalue weighted by Gasteiger charge is 2.47. The van der Waals surface area contributed by atoms with E-state index in [-0.39, 0.29) is 43.6 Å². The third-order valence-electron chi connectivity index (χ3n) is 9.59. The summed E-state index contributed by atoms with van der Waals surface area (Å²) in [5, 5.41) is 31.7. The predicted octanol–water partition coefficient (Wildman–Crippen LogP) is -0.606. The fourth-order valence-electron chi connectivity index (χ4n) is 6.55. The van der Waals surface area contributed by atoms with E-state index in [9.17, 15) is 43.8 Å². The first-order chi connectivity index (χ1) is 28.8. The summed E-state index contributed by atoms with van der Waals surface area (Å²) in [6.07, 6.45) is -5.73. The number of hydrogen-bond donors (Lipinski definition) is 8. The Morgan fingerprint density at radius 1 is 0.933 bits per heavy atom. The predicted molar refractivity (Wildman–Crippen MR) is 214 cm³/mol. The molecule has 3 aromatic carbocycles. The van der Waals surface area contributed by atoms with Crippen LogP contribution in [0.1, 0.15) is 42.6 Å². The van der Waals surface area contributed by atoms with Crippen LogP contribution in [0.4, 0.5) is 0 Å². The normalized spacial score (nSPS) is 19.8. The van der Waals surface area contributed by atoms with Gasteiger partial charge in [-0.15, -0.1) is 0 Å². The van der Waals surface area contributed by atoms with Gasteiger partial charge in [0.05, 0.1) is 30.8 Å². The summed E-state index contributed by atoms with van der Waals surface area (Å²) in [7, 11) is 0. The molecule has 7 atom stereocenters. The fraction of sp³-hybridized carbons (Fsp3) is 0.390. The molecule has 0 aliphatic carbocycles. The number of carbonyl (C=O) groups excluding carboxylic acids is 6. The molecule has 1 aliphatic rings. The van der Waals surface area contributed by atoms with Gasteiger partial charge in [-0.05, 0) is 43.2 Å². The van der Waals surface area contributed by atoms with Gasteiger partial charge in [0.25, 0.3) is 5.91 Å². The first kappa shape index (κ1) is 44.8. The molecule has 5 amide bonds. The summed E-state index contributed by atoms with van der Waals surface area (Å²) < 4.78 is 22.5. The molecule has 19 heteroatoms. The second-order valence-corrected chi connectivity index (χ2v) is 14.0. The van der Waals surface area contributed by atoms with E-state index in [0.29, 0.717) is 21.8 Å². The van der Waals surface area contributed by atoms with E-state index in [0.717, 1.165) is 5.56 Å². The maximum absolute atomic E-state index is 13.0. The van der Waals surface area contributed by atoms with Crippen molar-refractivity contribution in [2.24, 2.45) is 5.73 Å². The highest BCUT2D eigenvalue weighted by atomic mass is 16.7. The molecule has 1 aliphatic heterocycles. The zero-order valence-corrected chi connectivity index (χ0v) is 32.9. The van der Waals surface area contributed by atoms with Gasteiger partial charge in [-0.1, -0.05) is 48.5 Å². The van der Waals surface area contributed by atoms with Gasteiger partial charge in [-0.3, -0.25) is 33.6 Å². The van der Waals surface area contributed by atoms with E-state index in [1.165, 1.54) is 13.8 Å². The molecule has 9 N–H and O–H groups in total. The van der Waals surface area contributed by atoms with Crippen LogP contribution < -0.4 is 32.4 Å². The monoisotopic (exact) mass is 832 g/mol. The minimum Gasteiger partial charge on any atom is -0.464 e. The van der Waals surface area contributed by atoms with Gasteiger partial charge < -0.3 is 61.1 Å². The number of H-pyrrole nitrogens is 1. The second-order valence-electron chi connectivity index (χ2n) is 14.0. The van der Waals surface area contributed by atoms with Crippen LogP contribution in [0, 0.1) is 0 Å². The Balaban J connectivity index is 1.06. The van der Waals surface area contributed by atoms with Crippen LogP contribution in [-0.2, 0) is 49.5 Å². The number of amides is 5. The number of nitrogens with one attached hydrogen (secondary N) is 5. The van der Waals surface area contributed by atoms with Gasteiger partial charge >= 0.3 is 5.97 Å². The third kappa shape index (κ3) is 11.7. The van der Waals surface area contributed by atoms with E-state index in [1.54, 1.807) is 66.7 Å². The number of benzene rings is 3. The van der Waals surface area contributed by atoms with E-state index < -0.39 is 91.4 Å². The minimum absolute atomic E-state index is 0.0553. The standard InChI is InChI=1S/C41H48N6O13/c1-22(44-31(50)21-58-37-34(45-23(2)49)41(60-30(19-48)36(37)53)59-20-24-9-4-3-5-10-24)39(55)47-29(38(42)54)15-16-32(51)57-18-17-43-40(56)27-13-8-12-26-33(27)46-28-14-7-6-11-25(28)35(26)52/h3-14,22,29-30,34,36-37,41,48,53H,15-21H2,1-2H3,(H2,42,54)(H,43,56)(H,44,50)(H,45,49)(H,46,52)(H,47,55)/t22-,29-,30?,34+,36?,37+,41-/m1/s1. The lowest BCUT2D eigenvalue weighted by Crippen LogP contribution is -2.65. The third-order valence-corrected chi connectivity index (χ3v) is 9.59. The summed E-state index contributed by atoms with van der Waals surface area (Å²) in [4.78, 5) is 91.7. The number of para-hydroxylation sites is 2. The summed E-state index contributed by atoms with van der Waals surface area (Å²) in [6.45, 7) is 0.991. The van der Waals surface area contributed by atoms with Crippen molar-refractivity contribution >= 4 is 57.3 Å². The molecule has 1 saturated heterocycles. The Morgan fingerprint density at radius 2 is 1.65 bits per heavy atom. The van der Waals surface area contributed by atoms with Crippen molar-refractivity contribution in [1.29, 1.82) is 0 Å². The Hall–Kier alpha value is -6.25. The smallest absolute Gasteiger partial charge is 0.305 e. The molecule has 1 fully saturated rings. The molecule has 1 aromatic heterocycles. The molecular weight excluding hydrogens is 784 g/mol. The fourth-order valence-corrected chi connectivity index (χ4v) is 6.55. The number of primary amides is 1. The second kappa shape index (κ2) is 21.1. The number of aromatic amines is 1. The quantitative estimate of drug-likeness (QED) is 0.0333. The lowest BCUT2D eigenvalue weighted by atomic mass is 9.96. The van der Waals surface area contributed by atoms with E-state index in [2.05, 4.69) is 26.3 Å². The van der Waals surface area contributed by atoms with Crippen LogP contribution in [0.2, 0.25) is 0 Å². The molecule has 0 spiro atoms. The number of pyridine rings is 1. The van der Waals surface area contributed by atoms with E-state index in [4.69, 9.17) is 24.7 Å². The highest BCUT2D eigenvalue weighted by Crippen LogP contribution is 2.26. The molecule has 5 rings (SSSR count). The zero-order chi connectivity index (χ0) is 43.3. The minimum atomic E-state index is -1.50. The van der Waals surface area contributed by atoms with Crippen molar-refractivity contribution in [3.8, 4) is 0 Å². The summed E-state index contributed by atoms with van der Waals surface area (Å²) in [5.41, 5.74) is 7.19. The lowest BCUT2D eigenvalue weighted by Gasteiger charge is -2.44. The number of aliphatic hydroxyl groups is 2. The Kier molecular flexibility index (Phi) is 15.8. The van der Waals surface area contributed by atoms with Crippen LogP contribution in [0.15, 0.2) is 77.6 Å². The Bertz CT molecular complexity index is 2240. The van der Waals surface area contributed by atoms with E-state index >= 15 is 0 Å². The van der Waals surface area contributed by atoms with Crippen LogP contribution in [0.5, 0.6) is 0 Å². The SMILES string of the molecule is CC(=O)N[C@@H]1[C@H](OCc2ccccc2)OC(CO)C(O)[C@H]1OCC(=O)N[C@H](C)C(=O)N[C@H](CCC(=O)OCCNC(=O)c1cccc2c(=O)c3ccccc3[nH]c12)C(N)=O. The van der Waals surface area contributed by atoms with Crippen LogP contribution in [-0.4, -0.2) is 120 Å². The highest BCUT2D eigenvalue weighted by molar-refractivity contribution is 6.07. The number of rotatable bonds is 19. The summed E-state index contributed by atoms with van der Waals surface area (Å²) in [5.74, 6) is -4.34. The molecule has 4 aromatic rings. The van der Waals surface area contributed by atoms with Crippen LogP contribution >= 0.6 is 0 Å². The van der Waals surface area contributed by atoms with Gasteiger partial charge in [-0.25, -0.2) is 0 Å². The number of nitrogens with two attached hydrogens (primary N) is 1. The van der Waals surface area contributed by atoms with Crippen molar-refractivity contribution in [3.63, 3.8) is 0 Å². The first-order valence-corrected chi connectivity index (χ1v) is 19.1. The maximum Gasteiger partial charge on any atom is 0.305 e. The van der Waals surface area contributed by atoms with Gasteiger partial charge in [0, 0.05) is 29.6 Å². The van der Waals surface area contributed by atoms with Gasteiger partial charge in [0.1, 0.15) is 49.7 Å². The molecule has 19 nitrogen and oxygen atoms in total. The van der Waals surface area contributed by atoms with Crippen LogP contribution in [0.25, 0.3) is 21.8 Å².